The lowest BCUT2D eigenvalue weighted by molar-refractivity contribution is -0.394. The zero-order chi connectivity index (χ0) is 18.6. The van der Waals surface area contributed by atoms with Crippen LogP contribution in [0.4, 0.5) is 11.4 Å². The quantitative estimate of drug-likeness (QED) is 0.600. The lowest BCUT2D eigenvalue weighted by atomic mass is 10.1. The Kier molecular flexibility index (Phi) is 5.03. The molecule has 10 heteroatoms. The minimum Gasteiger partial charge on any atom is -0.479 e. The molecule has 25 heavy (non-hydrogen) atoms. The second-order valence-electron chi connectivity index (χ2n) is 4.91. The van der Waals surface area contributed by atoms with Gasteiger partial charge in [-0.1, -0.05) is 30.3 Å². The maximum absolute atomic E-state index is 12.3. The van der Waals surface area contributed by atoms with Crippen LogP contribution >= 0.6 is 0 Å². The lowest BCUT2D eigenvalue weighted by Crippen LogP contribution is -2.33. The largest absolute Gasteiger partial charge is 0.479 e. The van der Waals surface area contributed by atoms with Crippen LogP contribution < -0.4 is 5.32 Å². The summed E-state index contributed by atoms with van der Waals surface area (Å²) in [5.74, 6) is -2.33. The molecule has 1 amide bonds. The van der Waals surface area contributed by atoms with Crippen molar-refractivity contribution in [3.05, 3.63) is 79.9 Å². The van der Waals surface area contributed by atoms with Crippen LogP contribution in [-0.2, 0) is 4.79 Å². The van der Waals surface area contributed by atoms with Gasteiger partial charge in [-0.2, -0.15) is 0 Å². The zero-order valence-electron chi connectivity index (χ0n) is 12.5. The van der Waals surface area contributed by atoms with E-state index in [0.29, 0.717) is 6.07 Å². The van der Waals surface area contributed by atoms with Crippen LogP contribution in [0.25, 0.3) is 0 Å². The molecule has 0 spiro atoms. The van der Waals surface area contributed by atoms with E-state index >= 15 is 0 Å². The number of carbonyl (C=O) groups is 2. The van der Waals surface area contributed by atoms with Gasteiger partial charge in [-0.3, -0.25) is 25.0 Å². The maximum Gasteiger partial charge on any atom is 0.330 e. The predicted molar refractivity (Wildman–Crippen MR) is 84.0 cm³/mol. The molecule has 0 bridgehead atoms. The summed E-state index contributed by atoms with van der Waals surface area (Å²) >= 11 is 0. The van der Waals surface area contributed by atoms with Crippen LogP contribution in [0.15, 0.2) is 48.5 Å². The molecule has 0 aromatic heterocycles. The number of carboxylic acids is 1. The molecule has 0 radical (unpaired) electrons. The number of hydrogen-bond acceptors (Lipinski definition) is 6. The van der Waals surface area contributed by atoms with E-state index in [1.807, 2.05) is 0 Å². The Hall–Kier alpha value is -3.82. The summed E-state index contributed by atoms with van der Waals surface area (Å²) in [7, 11) is 0. The molecule has 10 nitrogen and oxygen atoms in total. The smallest absolute Gasteiger partial charge is 0.330 e. The third-order valence-electron chi connectivity index (χ3n) is 3.24. The second-order valence-corrected chi connectivity index (χ2v) is 4.91. The SMILES string of the molecule is O=C(N[C@H](C(=O)O)c1ccccc1)c1cc([N+](=O)[O-])cc([N+](=O)[O-])c1. The fourth-order valence-electron chi connectivity index (χ4n) is 2.08. The van der Waals surface area contributed by atoms with Crippen molar-refractivity contribution in [2.24, 2.45) is 0 Å². The standard InChI is InChI=1S/C15H11N3O7/c19-14(16-13(15(20)21)9-4-2-1-3-5-9)10-6-11(17(22)23)8-12(7-10)18(24)25/h1-8,13H,(H,16,19)(H,20,21)/t13-/m0/s1. The fraction of sp³-hybridized carbons (Fsp3) is 0.0667. The number of nitro groups is 2. The highest BCUT2D eigenvalue weighted by Gasteiger charge is 2.25. The molecule has 0 fully saturated rings. The van der Waals surface area contributed by atoms with Gasteiger partial charge in [-0.05, 0) is 5.56 Å². The highest BCUT2D eigenvalue weighted by atomic mass is 16.6. The van der Waals surface area contributed by atoms with Gasteiger partial charge in [0.2, 0.25) is 0 Å². The van der Waals surface area contributed by atoms with E-state index in [1.165, 1.54) is 12.1 Å². The molecule has 1 atom stereocenters. The van der Waals surface area contributed by atoms with Crippen LogP contribution in [0, 0.1) is 20.2 Å². The van der Waals surface area contributed by atoms with E-state index in [4.69, 9.17) is 0 Å². The Morgan fingerprint density at radius 2 is 1.48 bits per heavy atom. The zero-order valence-corrected chi connectivity index (χ0v) is 12.5. The van der Waals surface area contributed by atoms with E-state index in [1.54, 1.807) is 18.2 Å². The Bertz CT molecular complexity index is 819. The van der Waals surface area contributed by atoms with Crippen LogP contribution in [0.1, 0.15) is 22.0 Å². The van der Waals surface area contributed by atoms with Crippen molar-refractivity contribution in [3.63, 3.8) is 0 Å². The number of nitro benzene ring substituents is 2. The lowest BCUT2D eigenvalue weighted by Gasteiger charge is -2.14. The van der Waals surface area contributed by atoms with E-state index in [9.17, 15) is 34.9 Å². The Morgan fingerprint density at radius 1 is 0.960 bits per heavy atom. The van der Waals surface area contributed by atoms with E-state index in [0.717, 1.165) is 12.1 Å². The molecule has 2 aromatic rings. The molecular weight excluding hydrogens is 334 g/mol. The summed E-state index contributed by atoms with van der Waals surface area (Å²) in [6.07, 6.45) is 0. The first-order valence-corrected chi connectivity index (χ1v) is 6.82. The van der Waals surface area contributed by atoms with Crippen molar-refractivity contribution in [3.8, 4) is 0 Å². The maximum atomic E-state index is 12.3. The number of nitrogens with one attached hydrogen (secondary N) is 1. The molecule has 0 saturated heterocycles. The Morgan fingerprint density at radius 3 is 1.92 bits per heavy atom. The van der Waals surface area contributed by atoms with Crippen molar-refractivity contribution < 1.29 is 24.5 Å². The fourth-order valence-corrected chi connectivity index (χ4v) is 2.08. The molecule has 0 unspecified atom stereocenters. The van der Waals surface area contributed by atoms with Crippen LogP contribution in [0.3, 0.4) is 0 Å². The highest BCUT2D eigenvalue weighted by Crippen LogP contribution is 2.23. The molecule has 2 rings (SSSR count). The van der Waals surface area contributed by atoms with E-state index in [-0.39, 0.29) is 11.1 Å². The van der Waals surface area contributed by atoms with Gasteiger partial charge in [-0.25, -0.2) is 4.79 Å². The molecule has 0 heterocycles. The Labute approximate surface area is 140 Å². The first kappa shape index (κ1) is 17.5. The summed E-state index contributed by atoms with van der Waals surface area (Å²) in [5.41, 5.74) is -1.40. The molecule has 0 aliphatic rings. The summed E-state index contributed by atoms with van der Waals surface area (Å²) < 4.78 is 0. The number of rotatable bonds is 6. The molecular formula is C15H11N3O7. The van der Waals surface area contributed by atoms with Gasteiger partial charge in [0.15, 0.2) is 6.04 Å². The monoisotopic (exact) mass is 345 g/mol. The number of aliphatic carboxylic acids is 1. The van der Waals surface area contributed by atoms with Crippen LogP contribution in [0.5, 0.6) is 0 Å². The normalized spacial score (nSPS) is 11.4. The van der Waals surface area contributed by atoms with E-state index < -0.39 is 39.1 Å². The third-order valence-corrected chi connectivity index (χ3v) is 3.24. The number of carbonyl (C=O) groups excluding carboxylic acids is 1. The molecule has 0 saturated carbocycles. The molecule has 0 aliphatic heterocycles. The summed E-state index contributed by atoms with van der Waals surface area (Å²) in [5, 5.41) is 33.2. The van der Waals surface area contributed by atoms with Gasteiger partial charge in [0, 0.05) is 12.1 Å². The number of amides is 1. The van der Waals surface area contributed by atoms with Gasteiger partial charge >= 0.3 is 5.97 Å². The van der Waals surface area contributed by atoms with Crippen molar-refractivity contribution >= 4 is 23.3 Å². The minimum absolute atomic E-state index is 0.281. The first-order chi connectivity index (χ1) is 11.8. The van der Waals surface area contributed by atoms with Crippen LogP contribution in [0.2, 0.25) is 0 Å². The third kappa shape index (κ3) is 4.13. The number of benzene rings is 2. The summed E-state index contributed by atoms with van der Waals surface area (Å²) in [6.45, 7) is 0. The van der Waals surface area contributed by atoms with Gasteiger partial charge in [-0.15, -0.1) is 0 Å². The molecule has 2 N–H and O–H groups in total. The van der Waals surface area contributed by atoms with Crippen molar-refractivity contribution in [2.45, 2.75) is 6.04 Å². The van der Waals surface area contributed by atoms with Gasteiger partial charge in [0.1, 0.15) is 0 Å². The second kappa shape index (κ2) is 7.17. The summed E-state index contributed by atoms with van der Waals surface area (Å²) in [6, 6.07) is 8.76. The molecule has 128 valence electrons. The topological polar surface area (TPSA) is 153 Å². The van der Waals surface area contributed by atoms with Crippen molar-refractivity contribution in [1.29, 1.82) is 0 Å². The minimum atomic E-state index is -1.41. The van der Waals surface area contributed by atoms with Crippen LogP contribution in [-0.4, -0.2) is 26.8 Å². The average Bonchev–Trinajstić information content (AvgIpc) is 2.59. The number of non-ortho nitro benzene ring substituents is 2. The average molecular weight is 345 g/mol. The number of hydrogen-bond donors (Lipinski definition) is 2. The molecule has 2 aromatic carbocycles. The Balaban J connectivity index is 2.37. The van der Waals surface area contributed by atoms with Gasteiger partial charge in [0.05, 0.1) is 21.5 Å². The molecule has 0 aliphatic carbocycles. The van der Waals surface area contributed by atoms with E-state index in [2.05, 4.69) is 5.32 Å². The van der Waals surface area contributed by atoms with Gasteiger partial charge < -0.3 is 10.4 Å². The predicted octanol–water partition coefficient (Wildman–Crippen LogP) is 2.06. The number of nitrogens with zero attached hydrogens (tertiary/aromatic N) is 2. The van der Waals surface area contributed by atoms with Crippen molar-refractivity contribution in [1.82, 2.24) is 5.32 Å². The van der Waals surface area contributed by atoms with Gasteiger partial charge in [0.25, 0.3) is 17.3 Å². The van der Waals surface area contributed by atoms with Crippen molar-refractivity contribution in [2.75, 3.05) is 0 Å². The summed E-state index contributed by atoms with van der Waals surface area (Å²) in [4.78, 5) is 43.6. The first-order valence-electron chi connectivity index (χ1n) is 6.82. The highest BCUT2D eigenvalue weighted by molar-refractivity contribution is 5.98. The number of carboxylic acid groups (broad SMARTS) is 1.